The first-order valence-corrected chi connectivity index (χ1v) is 8.14. The third-order valence-electron chi connectivity index (χ3n) is 3.69. The van der Waals surface area contributed by atoms with Crippen LogP contribution in [0.4, 0.5) is 5.82 Å². The largest absolute Gasteiger partial charge is 0.497 e. The van der Waals surface area contributed by atoms with Crippen molar-refractivity contribution < 1.29 is 23.8 Å². The topological polar surface area (TPSA) is 91.7 Å². The molecule has 140 valence electrons. The van der Waals surface area contributed by atoms with Crippen molar-refractivity contribution in [3.63, 3.8) is 0 Å². The Bertz CT molecular complexity index is 785. The van der Waals surface area contributed by atoms with Gasteiger partial charge in [0.2, 0.25) is 0 Å². The minimum atomic E-state index is -0.996. The van der Waals surface area contributed by atoms with Crippen LogP contribution in [0.3, 0.4) is 0 Å². The number of nitrogens with one attached hydrogen (secondary N) is 1. The number of carbonyl (C=O) groups is 2. The number of benzene rings is 1. The summed E-state index contributed by atoms with van der Waals surface area (Å²) in [6.07, 6.45) is 0.596. The second-order valence-electron chi connectivity index (χ2n) is 5.86. The van der Waals surface area contributed by atoms with Crippen LogP contribution in [-0.4, -0.2) is 42.0 Å². The summed E-state index contributed by atoms with van der Waals surface area (Å²) in [5, 5.41) is 6.85. The van der Waals surface area contributed by atoms with E-state index in [1.165, 1.54) is 27.2 Å². The molecule has 1 N–H and O–H groups in total. The van der Waals surface area contributed by atoms with Gasteiger partial charge in [0, 0.05) is 18.2 Å². The van der Waals surface area contributed by atoms with Gasteiger partial charge in [0.05, 0.1) is 20.4 Å². The lowest BCUT2D eigenvalue weighted by Gasteiger charge is -2.16. The number of hydrogen-bond donors (Lipinski definition) is 1. The predicted molar refractivity (Wildman–Crippen MR) is 95.7 cm³/mol. The number of anilines is 1. The second kappa shape index (κ2) is 8.37. The normalized spacial score (nSPS) is 11.8. The highest BCUT2D eigenvalue weighted by molar-refractivity contribution is 5.98. The minimum absolute atomic E-state index is 0.0849. The molecule has 0 aliphatic heterocycles. The van der Waals surface area contributed by atoms with E-state index in [0.717, 1.165) is 0 Å². The van der Waals surface area contributed by atoms with Crippen LogP contribution < -0.4 is 14.8 Å². The molecule has 1 heterocycles. The van der Waals surface area contributed by atoms with Crippen molar-refractivity contribution in [1.29, 1.82) is 0 Å². The van der Waals surface area contributed by atoms with Crippen LogP contribution in [0, 0.1) is 0 Å². The molecule has 1 aromatic carbocycles. The summed E-state index contributed by atoms with van der Waals surface area (Å²) in [4.78, 5) is 24.7. The highest BCUT2D eigenvalue weighted by Crippen LogP contribution is 2.25. The number of methoxy groups -OCH3 is 2. The van der Waals surface area contributed by atoms with Crippen molar-refractivity contribution in [1.82, 2.24) is 9.78 Å². The molecule has 1 aromatic heterocycles. The molecule has 2 aromatic rings. The fraction of sp³-hybridized carbons (Fsp3) is 0.389. The first-order valence-electron chi connectivity index (χ1n) is 8.14. The Morgan fingerprint density at radius 3 is 2.46 bits per heavy atom. The van der Waals surface area contributed by atoms with E-state index in [9.17, 15) is 9.59 Å². The standard InChI is InChI=1S/C18H23N3O5/c1-11(2)21-16(8-9-19-21)20-17(22)12(3)26-18(23)14-7-6-13(24-4)10-15(14)25-5/h6-12H,1-5H3,(H,20,22). The molecular weight excluding hydrogens is 338 g/mol. The molecule has 26 heavy (non-hydrogen) atoms. The average molecular weight is 361 g/mol. The Morgan fingerprint density at radius 1 is 1.12 bits per heavy atom. The zero-order valence-electron chi connectivity index (χ0n) is 15.5. The lowest BCUT2D eigenvalue weighted by Crippen LogP contribution is -2.31. The van der Waals surface area contributed by atoms with Gasteiger partial charge in [-0.1, -0.05) is 0 Å². The van der Waals surface area contributed by atoms with Crippen molar-refractivity contribution in [2.45, 2.75) is 32.9 Å². The summed E-state index contributed by atoms with van der Waals surface area (Å²) in [5.41, 5.74) is 0.208. The van der Waals surface area contributed by atoms with Crippen LogP contribution in [0.2, 0.25) is 0 Å². The number of ether oxygens (including phenoxy) is 3. The van der Waals surface area contributed by atoms with Crippen molar-refractivity contribution in [2.75, 3.05) is 19.5 Å². The summed E-state index contributed by atoms with van der Waals surface area (Å²) in [5.74, 6) is 0.277. The molecule has 8 heteroatoms. The smallest absolute Gasteiger partial charge is 0.342 e. The summed E-state index contributed by atoms with van der Waals surface area (Å²) in [6.45, 7) is 5.39. The molecule has 1 amide bonds. The van der Waals surface area contributed by atoms with Crippen LogP contribution in [0.15, 0.2) is 30.5 Å². The molecule has 0 bridgehead atoms. The Balaban J connectivity index is 2.06. The molecule has 0 fully saturated rings. The molecule has 0 saturated carbocycles. The van der Waals surface area contributed by atoms with Crippen molar-refractivity contribution in [2.24, 2.45) is 0 Å². The molecule has 0 radical (unpaired) electrons. The Hall–Kier alpha value is -3.03. The molecule has 0 aliphatic rings. The fourth-order valence-corrected chi connectivity index (χ4v) is 2.30. The van der Waals surface area contributed by atoms with Gasteiger partial charge < -0.3 is 19.5 Å². The van der Waals surface area contributed by atoms with Crippen molar-refractivity contribution >= 4 is 17.7 Å². The molecular formula is C18H23N3O5. The van der Waals surface area contributed by atoms with E-state index in [-0.39, 0.29) is 11.6 Å². The molecule has 2 rings (SSSR count). The van der Waals surface area contributed by atoms with E-state index in [2.05, 4.69) is 10.4 Å². The van der Waals surface area contributed by atoms with E-state index < -0.39 is 18.0 Å². The summed E-state index contributed by atoms with van der Waals surface area (Å²) >= 11 is 0. The van der Waals surface area contributed by atoms with E-state index in [1.54, 1.807) is 29.1 Å². The molecule has 8 nitrogen and oxygen atoms in total. The zero-order valence-corrected chi connectivity index (χ0v) is 15.5. The SMILES string of the molecule is COc1ccc(C(=O)OC(C)C(=O)Nc2ccnn2C(C)C)c(OC)c1. The minimum Gasteiger partial charge on any atom is -0.497 e. The van der Waals surface area contributed by atoms with Gasteiger partial charge in [0.25, 0.3) is 5.91 Å². The van der Waals surface area contributed by atoms with Gasteiger partial charge in [-0.2, -0.15) is 5.10 Å². The van der Waals surface area contributed by atoms with Gasteiger partial charge in [-0.3, -0.25) is 4.79 Å². The maximum atomic E-state index is 12.4. The van der Waals surface area contributed by atoms with Gasteiger partial charge >= 0.3 is 5.97 Å². The zero-order chi connectivity index (χ0) is 19.3. The number of nitrogens with zero attached hydrogens (tertiary/aromatic N) is 2. The molecule has 1 atom stereocenters. The number of esters is 1. The lowest BCUT2D eigenvalue weighted by molar-refractivity contribution is -0.123. The predicted octanol–water partition coefficient (Wildman–Crippen LogP) is 2.67. The quantitative estimate of drug-likeness (QED) is 0.762. The van der Waals surface area contributed by atoms with Crippen LogP contribution in [0.5, 0.6) is 11.5 Å². The maximum absolute atomic E-state index is 12.4. The molecule has 0 aliphatic carbocycles. The average Bonchev–Trinajstić information content (AvgIpc) is 3.09. The summed E-state index contributed by atoms with van der Waals surface area (Å²) in [6, 6.07) is 6.48. The van der Waals surface area contributed by atoms with E-state index in [4.69, 9.17) is 14.2 Å². The van der Waals surface area contributed by atoms with Crippen LogP contribution in [0.25, 0.3) is 0 Å². The van der Waals surface area contributed by atoms with Gasteiger partial charge in [0.15, 0.2) is 6.10 Å². The Kier molecular flexibility index (Phi) is 6.21. The van der Waals surface area contributed by atoms with E-state index in [0.29, 0.717) is 17.3 Å². The lowest BCUT2D eigenvalue weighted by atomic mass is 10.2. The Morgan fingerprint density at radius 2 is 1.85 bits per heavy atom. The fourth-order valence-electron chi connectivity index (χ4n) is 2.30. The molecule has 1 unspecified atom stereocenters. The van der Waals surface area contributed by atoms with Gasteiger partial charge in [-0.05, 0) is 32.9 Å². The van der Waals surface area contributed by atoms with Crippen LogP contribution in [-0.2, 0) is 9.53 Å². The highest BCUT2D eigenvalue weighted by atomic mass is 16.5. The third-order valence-corrected chi connectivity index (χ3v) is 3.69. The van der Waals surface area contributed by atoms with Gasteiger partial charge in [0.1, 0.15) is 22.9 Å². The maximum Gasteiger partial charge on any atom is 0.342 e. The molecule has 0 saturated heterocycles. The molecule has 0 spiro atoms. The number of carbonyl (C=O) groups excluding carboxylic acids is 2. The van der Waals surface area contributed by atoms with Crippen molar-refractivity contribution in [3.8, 4) is 11.5 Å². The number of aromatic nitrogens is 2. The first-order chi connectivity index (χ1) is 12.4. The van der Waals surface area contributed by atoms with Gasteiger partial charge in [-0.15, -0.1) is 0 Å². The summed E-state index contributed by atoms with van der Waals surface area (Å²) < 4.78 is 17.2. The summed E-state index contributed by atoms with van der Waals surface area (Å²) in [7, 11) is 2.95. The number of amides is 1. The van der Waals surface area contributed by atoms with Gasteiger partial charge in [-0.25, -0.2) is 9.48 Å². The number of rotatable bonds is 7. The highest BCUT2D eigenvalue weighted by Gasteiger charge is 2.23. The Labute approximate surface area is 152 Å². The van der Waals surface area contributed by atoms with E-state index in [1.807, 2.05) is 13.8 Å². The second-order valence-corrected chi connectivity index (χ2v) is 5.86. The monoisotopic (exact) mass is 361 g/mol. The number of hydrogen-bond acceptors (Lipinski definition) is 6. The first kappa shape index (κ1) is 19.3. The third kappa shape index (κ3) is 4.33. The van der Waals surface area contributed by atoms with Crippen LogP contribution in [0.1, 0.15) is 37.2 Å². The van der Waals surface area contributed by atoms with Crippen molar-refractivity contribution in [3.05, 3.63) is 36.0 Å². The van der Waals surface area contributed by atoms with E-state index >= 15 is 0 Å². The van der Waals surface area contributed by atoms with Crippen LogP contribution >= 0.6 is 0 Å².